The standard InChI is InChI=1S/C21H18N4O3S/c1-14(17-10-6-12-28-17)23-18(26)13-29-21-24-19-16(9-5-11-22-19)20(27)25(21)15-7-3-2-4-8-15/h2-12,14H,13H2,1H3,(H,23,26)/t14-/m1/s1. The molecule has 0 spiro atoms. The van der Waals surface area contributed by atoms with Gasteiger partial charge in [0.25, 0.3) is 5.56 Å². The number of furan rings is 1. The van der Waals surface area contributed by atoms with Gasteiger partial charge in [-0.05, 0) is 43.3 Å². The number of amides is 1. The van der Waals surface area contributed by atoms with E-state index in [0.717, 1.165) is 0 Å². The van der Waals surface area contributed by atoms with Crippen molar-refractivity contribution in [2.24, 2.45) is 0 Å². The van der Waals surface area contributed by atoms with Crippen molar-refractivity contribution in [3.63, 3.8) is 0 Å². The number of carbonyl (C=O) groups is 1. The molecule has 1 amide bonds. The molecule has 4 aromatic rings. The molecule has 0 saturated heterocycles. The van der Waals surface area contributed by atoms with Gasteiger partial charge in [-0.2, -0.15) is 0 Å². The second kappa shape index (κ2) is 8.32. The van der Waals surface area contributed by atoms with Gasteiger partial charge in [-0.15, -0.1) is 0 Å². The molecule has 8 heteroatoms. The van der Waals surface area contributed by atoms with Crippen LogP contribution >= 0.6 is 11.8 Å². The van der Waals surface area contributed by atoms with Gasteiger partial charge in [-0.1, -0.05) is 30.0 Å². The van der Waals surface area contributed by atoms with Crippen LogP contribution < -0.4 is 10.9 Å². The maximum Gasteiger partial charge on any atom is 0.268 e. The Bertz CT molecular complexity index is 1190. The van der Waals surface area contributed by atoms with Crippen LogP contribution in [0.2, 0.25) is 0 Å². The van der Waals surface area contributed by atoms with Crippen LogP contribution in [0, 0.1) is 0 Å². The summed E-state index contributed by atoms with van der Waals surface area (Å²) in [5.74, 6) is 0.592. The maximum atomic E-state index is 13.1. The van der Waals surface area contributed by atoms with Gasteiger partial charge in [-0.25, -0.2) is 9.97 Å². The number of thioether (sulfide) groups is 1. The third kappa shape index (κ3) is 4.07. The van der Waals surface area contributed by atoms with Crippen molar-refractivity contribution < 1.29 is 9.21 Å². The Labute approximate surface area is 170 Å². The van der Waals surface area contributed by atoms with Gasteiger partial charge >= 0.3 is 0 Å². The molecule has 0 aliphatic heterocycles. The van der Waals surface area contributed by atoms with E-state index < -0.39 is 0 Å². The van der Waals surface area contributed by atoms with Gasteiger partial charge < -0.3 is 9.73 Å². The van der Waals surface area contributed by atoms with E-state index in [1.54, 1.807) is 30.7 Å². The van der Waals surface area contributed by atoms with Crippen LogP contribution in [0.5, 0.6) is 0 Å². The van der Waals surface area contributed by atoms with E-state index in [4.69, 9.17) is 4.42 Å². The summed E-state index contributed by atoms with van der Waals surface area (Å²) in [6, 6.07) is 16.0. The Morgan fingerprint density at radius 3 is 2.76 bits per heavy atom. The van der Waals surface area contributed by atoms with Gasteiger partial charge in [0.15, 0.2) is 10.8 Å². The number of nitrogens with zero attached hydrogens (tertiary/aromatic N) is 3. The minimum atomic E-state index is -0.249. The van der Waals surface area contributed by atoms with E-state index in [9.17, 15) is 9.59 Å². The number of fused-ring (bicyclic) bond motifs is 1. The first-order valence-electron chi connectivity index (χ1n) is 9.02. The van der Waals surface area contributed by atoms with Crippen LogP contribution in [0.4, 0.5) is 0 Å². The first-order valence-corrected chi connectivity index (χ1v) is 10.0. The largest absolute Gasteiger partial charge is 0.467 e. The maximum absolute atomic E-state index is 13.1. The second-order valence-corrected chi connectivity index (χ2v) is 7.28. The topological polar surface area (TPSA) is 90.0 Å². The van der Waals surface area contributed by atoms with E-state index in [1.807, 2.05) is 43.3 Å². The van der Waals surface area contributed by atoms with E-state index >= 15 is 0 Å². The summed E-state index contributed by atoms with van der Waals surface area (Å²) in [7, 11) is 0. The van der Waals surface area contributed by atoms with Gasteiger partial charge in [-0.3, -0.25) is 14.2 Å². The number of hydrogen-bond acceptors (Lipinski definition) is 6. The van der Waals surface area contributed by atoms with Crippen LogP contribution in [0.1, 0.15) is 18.7 Å². The molecular weight excluding hydrogens is 388 g/mol. The molecule has 0 aliphatic rings. The molecule has 0 radical (unpaired) electrons. The first-order chi connectivity index (χ1) is 14.1. The van der Waals surface area contributed by atoms with Crippen molar-refractivity contribution in [3.05, 3.63) is 83.2 Å². The van der Waals surface area contributed by atoms with Crippen LogP contribution in [-0.2, 0) is 4.79 Å². The van der Waals surface area contributed by atoms with E-state index in [0.29, 0.717) is 27.6 Å². The van der Waals surface area contributed by atoms with Crippen LogP contribution in [0.25, 0.3) is 16.7 Å². The Balaban J connectivity index is 1.62. The predicted octanol–water partition coefficient (Wildman–Crippen LogP) is 3.34. The molecule has 0 aliphatic carbocycles. The molecule has 3 heterocycles. The summed E-state index contributed by atoms with van der Waals surface area (Å²) >= 11 is 1.19. The van der Waals surface area contributed by atoms with E-state index in [1.165, 1.54) is 16.3 Å². The van der Waals surface area contributed by atoms with Crippen LogP contribution in [0.15, 0.2) is 81.4 Å². The fourth-order valence-electron chi connectivity index (χ4n) is 2.92. The molecule has 7 nitrogen and oxygen atoms in total. The normalized spacial score (nSPS) is 12.0. The lowest BCUT2D eigenvalue weighted by molar-refractivity contribution is -0.119. The molecule has 4 rings (SSSR count). The Kier molecular flexibility index (Phi) is 5.44. The Morgan fingerprint density at radius 2 is 2.00 bits per heavy atom. The highest BCUT2D eigenvalue weighted by Crippen LogP contribution is 2.21. The van der Waals surface area contributed by atoms with Gasteiger partial charge in [0, 0.05) is 6.20 Å². The quantitative estimate of drug-likeness (QED) is 0.390. The zero-order valence-corrected chi connectivity index (χ0v) is 16.4. The van der Waals surface area contributed by atoms with E-state index in [2.05, 4.69) is 15.3 Å². The van der Waals surface area contributed by atoms with Crippen molar-refractivity contribution in [3.8, 4) is 5.69 Å². The molecular formula is C21H18N4O3S. The molecule has 0 unspecified atom stereocenters. The summed E-state index contributed by atoms with van der Waals surface area (Å²) in [5.41, 5.74) is 0.820. The van der Waals surface area contributed by atoms with Crippen LogP contribution in [-0.4, -0.2) is 26.2 Å². The fraction of sp³-hybridized carbons (Fsp3) is 0.143. The number of carbonyl (C=O) groups excluding carboxylic acids is 1. The zero-order chi connectivity index (χ0) is 20.2. The SMILES string of the molecule is C[C@@H](NC(=O)CSc1nc2ncccc2c(=O)n1-c1ccccc1)c1ccco1. The molecule has 0 bridgehead atoms. The lowest BCUT2D eigenvalue weighted by Gasteiger charge is -2.14. The number of hydrogen-bond donors (Lipinski definition) is 1. The minimum absolute atomic E-state index is 0.0999. The molecule has 1 N–H and O–H groups in total. The Hall–Kier alpha value is -3.39. The van der Waals surface area contributed by atoms with Gasteiger partial charge in [0.2, 0.25) is 5.91 Å². The molecule has 29 heavy (non-hydrogen) atoms. The second-order valence-electron chi connectivity index (χ2n) is 6.34. The molecule has 3 aromatic heterocycles. The van der Waals surface area contributed by atoms with Crippen LogP contribution in [0.3, 0.4) is 0 Å². The summed E-state index contributed by atoms with van der Waals surface area (Å²) < 4.78 is 6.82. The number of aromatic nitrogens is 3. The Morgan fingerprint density at radius 1 is 1.17 bits per heavy atom. The number of para-hydroxylation sites is 1. The highest BCUT2D eigenvalue weighted by Gasteiger charge is 2.17. The average molecular weight is 406 g/mol. The third-order valence-electron chi connectivity index (χ3n) is 4.31. The third-order valence-corrected chi connectivity index (χ3v) is 5.25. The number of nitrogens with one attached hydrogen (secondary N) is 1. The van der Waals surface area contributed by atoms with Gasteiger partial charge in [0.1, 0.15) is 5.76 Å². The number of rotatable bonds is 6. The van der Waals surface area contributed by atoms with Crippen molar-refractivity contribution in [2.75, 3.05) is 5.75 Å². The number of benzene rings is 1. The lowest BCUT2D eigenvalue weighted by atomic mass is 10.2. The summed E-state index contributed by atoms with van der Waals surface area (Å²) in [4.78, 5) is 34.2. The molecule has 0 fully saturated rings. The molecule has 1 aromatic carbocycles. The summed E-state index contributed by atoms with van der Waals surface area (Å²) in [5, 5.41) is 3.72. The zero-order valence-electron chi connectivity index (χ0n) is 15.6. The lowest BCUT2D eigenvalue weighted by Crippen LogP contribution is -2.28. The fourth-order valence-corrected chi connectivity index (χ4v) is 3.74. The highest BCUT2D eigenvalue weighted by molar-refractivity contribution is 7.99. The minimum Gasteiger partial charge on any atom is -0.467 e. The number of pyridine rings is 1. The van der Waals surface area contributed by atoms with Crippen molar-refractivity contribution >= 4 is 28.7 Å². The molecule has 146 valence electrons. The first kappa shape index (κ1) is 18.9. The smallest absolute Gasteiger partial charge is 0.268 e. The summed E-state index contributed by atoms with van der Waals surface area (Å²) in [6.07, 6.45) is 3.16. The average Bonchev–Trinajstić information content (AvgIpc) is 3.28. The van der Waals surface area contributed by atoms with Crippen molar-refractivity contribution in [1.29, 1.82) is 0 Å². The monoisotopic (exact) mass is 406 g/mol. The van der Waals surface area contributed by atoms with Crippen molar-refractivity contribution in [2.45, 2.75) is 18.1 Å². The van der Waals surface area contributed by atoms with E-state index in [-0.39, 0.29) is 23.3 Å². The highest BCUT2D eigenvalue weighted by atomic mass is 32.2. The van der Waals surface area contributed by atoms with Gasteiger partial charge in [0.05, 0.1) is 29.1 Å². The molecule has 1 atom stereocenters. The molecule has 0 saturated carbocycles. The predicted molar refractivity (Wildman–Crippen MR) is 111 cm³/mol. The summed E-state index contributed by atoms with van der Waals surface area (Å²) in [6.45, 7) is 1.85. The van der Waals surface area contributed by atoms with Crippen molar-refractivity contribution in [1.82, 2.24) is 19.9 Å².